The van der Waals surface area contributed by atoms with Crippen molar-refractivity contribution in [2.24, 2.45) is 0 Å². The third-order valence-corrected chi connectivity index (χ3v) is 2.56. The molecule has 2 saturated heterocycles. The Morgan fingerprint density at radius 1 is 1.33 bits per heavy atom. The van der Waals surface area contributed by atoms with Crippen LogP contribution in [-0.4, -0.2) is 37.1 Å². The van der Waals surface area contributed by atoms with E-state index in [1.165, 1.54) is 39.0 Å². The zero-order valence-corrected chi connectivity index (χ0v) is 5.84. The highest BCUT2D eigenvalue weighted by Gasteiger charge is 2.28. The average Bonchev–Trinajstić information content (AvgIpc) is 2.33. The highest BCUT2D eigenvalue weighted by molar-refractivity contribution is 4.79. The Morgan fingerprint density at radius 3 is 3.22 bits per heavy atom. The molecule has 0 bridgehead atoms. The van der Waals surface area contributed by atoms with E-state index in [0.29, 0.717) is 0 Å². The molecule has 0 aromatic rings. The van der Waals surface area contributed by atoms with Gasteiger partial charge in [0.25, 0.3) is 0 Å². The maximum atomic E-state index is 2.64. The fraction of sp³-hybridized carbons (Fsp3) is 1.00. The van der Waals surface area contributed by atoms with Gasteiger partial charge >= 0.3 is 0 Å². The van der Waals surface area contributed by atoms with Crippen LogP contribution in [0.2, 0.25) is 0 Å². The van der Waals surface area contributed by atoms with Gasteiger partial charge in [0, 0.05) is 6.54 Å². The standard InChI is InChI=1S/C7H14N2/c1-2-7-6-8-3-5-9(7)4-1/h7-8H,1-6H2/p+1/t7-/m1/s1. The molecule has 52 valence electrons. The van der Waals surface area contributed by atoms with Crippen LogP contribution in [0, 0.1) is 0 Å². The number of quaternary nitrogens is 1. The van der Waals surface area contributed by atoms with Crippen molar-refractivity contribution in [2.75, 3.05) is 26.2 Å². The minimum Gasteiger partial charge on any atom is -0.344 e. The van der Waals surface area contributed by atoms with Crippen molar-refractivity contribution in [3.63, 3.8) is 0 Å². The molecule has 2 fully saturated rings. The van der Waals surface area contributed by atoms with Gasteiger partial charge in [-0.15, -0.1) is 0 Å². The molecular weight excluding hydrogens is 112 g/mol. The second-order valence-corrected chi connectivity index (χ2v) is 3.15. The quantitative estimate of drug-likeness (QED) is 0.444. The third kappa shape index (κ3) is 0.970. The van der Waals surface area contributed by atoms with Crippen molar-refractivity contribution >= 4 is 0 Å². The summed E-state index contributed by atoms with van der Waals surface area (Å²) in [5.74, 6) is 0. The Balaban J connectivity index is 1.97. The van der Waals surface area contributed by atoms with E-state index in [0.717, 1.165) is 6.04 Å². The summed E-state index contributed by atoms with van der Waals surface area (Å²) in [4.78, 5) is 2.64. The van der Waals surface area contributed by atoms with E-state index in [1.807, 2.05) is 0 Å². The number of hydrogen-bond acceptors (Lipinski definition) is 1. The van der Waals surface area contributed by atoms with E-state index in [1.54, 1.807) is 0 Å². The number of nitrogens with two attached hydrogens (primary N) is 1. The Kier molecular flexibility index (Phi) is 1.44. The summed E-state index contributed by atoms with van der Waals surface area (Å²) in [7, 11) is 0. The molecule has 0 spiro atoms. The molecule has 2 aliphatic rings. The topological polar surface area (TPSA) is 19.9 Å². The smallest absolute Gasteiger partial charge is 0.0913 e. The molecule has 0 radical (unpaired) electrons. The molecule has 0 aliphatic carbocycles. The van der Waals surface area contributed by atoms with Gasteiger partial charge in [-0.1, -0.05) is 0 Å². The van der Waals surface area contributed by atoms with Gasteiger partial charge in [-0.3, -0.25) is 4.90 Å². The molecule has 2 nitrogen and oxygen atoms in total. The van der Waals surface area contributed by atoms with Crippen LogP contribution in [0.15, 0.2) is 0 Å². The molecule has 2 aliphatic heterocycles. The van der Waals surface area contributed by atoms with Crippen LogP contribution >= 0.6 is 0 Å². The van der Waals surface area contributed by atoms with Gasteiger partial charge in [-0.25, -0.2) is 0 Å². The molecule has 2 heteroatoms. The van der Waals surface area contributed by atoms with Crippen LogP contribution in [0.1, 0.15) is 12.8 Å². The molecule has 0 unspecified atom stereocenters. The number of rotatable bonds is 0. The molecule has 2 heterocycles. The monoisotopic (exact) mass is 127 g/mol. The van der Waals surface area contributed by atoms with E-state index in [9.17, 15) is 0 Å². The maximum absolute atomic E-state index is 2.64. The van der Waals surface area contributed by atoms with Gasteiger partial charge in [0.15, 0.2) is 0 Å². The average molecular weight is 127 g/mol. The Hall–Kier alpha value is -0.0800. The molecule has 0 amide bonds. The van der Waals surface area contributed by atoms with Crippen molar-refractivity contribution in [1.29, 1.82) is 0 Å². The summed E-state index contributed by atoms with van der Waals surface area (Å²) >= 11 is 0. The van der Waals surface area contributed by atoms with Gasteiger partial charge in [0.05, 0.1) is 19.1 Å². The van der Waals surface area contributed by atoms with Crippen LogP contribution in [0.4, 0.5) is 0 Å². The normalized spacial score (nSPS) is 36.7. The van der Waals surface area contributed by atoms with Gasteiger partial charge in [0.1, 0.15) is 0 Å². The third-order valence-electron chi connectivity index (χ3n) is 2.56. The van der Waals surface area contributed by atoms with Crippen LogP contribution < -0.4 is 5.32 Å². The van der Waals surface area contributed by atoms with Crippen molar-refractivity contribution in [3.8, 4) is 0 Å². The fourth-order valence-corrected chi connectivity index (χ4v) is 2.02. The van der Waals surface area contributed by atoms with Gasteiger partial charge in [-0.2, -0.15) is 0 Å². The SMILES string of the molecule is C1C[C@@H]2C[NH2+]CCN2C1. The summed E-state index contributed by atoms with van der Waals surface area (Å²) in [6.07, 6.45) is 2.90. The van der Waals surface area contributed by atoms with Crippen molar-refractivity contribution in [2.45, 2.75) is 18.9 Å². The van der Waals surface area contributed by atoms with E-state index < -0.39 is 0 Å². The Labute approximate surface area is 56.2 Å². The minimum absolute atomic E-state index is 0.943. The lowest BCUT2D eigenvalue weighted by Crippen LogP contribution is -2.91. The first-order valence-electron chi connectivity index (χ1n) is 4.02. The molecule has 0 aromatic carbocycles. The zero-order valence-electron chi connectivity index (χ0n) is 5.84. The maximum Gasteiger partial charge on any atom is 0.0913 e. The summed E-state index contributed by atoms with van der Waals surface area (Å²) in [6.45, 7) is 5.40. The van der Waals surface area contributed by atoms with E-state index in [2.05, 4.69) is 10.2 Å². The van der Waals surface area contributed by atoms with Crippen molar-refractivity contribution in [1.82, 2.24) is 4.90 Å². The predicted molar refractivity (Wildman–Crippen MR) is 36.3 cm³/mol. The number of nitrogens with zero attached hydrogens (tertiary/aromatic N) is 1. The molecule has 9 heavy (non-hydrogen) atoms. The molecule has 1 atom stereocenters. The highest BCUT2D eigenvalue weighted by Crippen LogP contribution is 2.15. The Bertz CT molecular complexity index is 91.1. The molecular formula is C7H15N2+. The van der Waals surface area contributed by atoms with Crippen LogP contribution in [-0.2, 0) is 0 Å². The summed E-state index contributed by atoms with van der Waals surface area (Å²) in [6, 6.07) is 0.943. The minimum atomic E-state index is 0.943. The van der Waals surface area contributed by atoms with E-state index in [-0.39, 0.29) is 0 Å². The largest absolute Gasteiger partial charge is 0.344 e. The summed E-state index contributed by atoms with van der Waals surface area (Å²) in [5, 5.41) is 2.45. The first kappa shape index (κ1) is 5.69. The van der Waals surface area contributed by atoms with Crippen LogP contribution in [0.5, 0.6) is 0 Å². The van der Waals surface area contributed by atoms with Crippen LogP contribution in [0.25, 0.3) is 0 Å². The number of hydrogen-bond donors (Lipinski definition) is 1. The van der Waals surface area contributed by atoms with Gasteiger partial charge in [-0.05, 0) is 19.4 Å². The lowest BCUT2D eigenvalue weighted by Gasteiger charge is -2.26. The molecule has 2 N–H and O–H groups in total. The fourth-order valence-electron chi connectivity index (χ4n) is 2.02. The van der Waals surface area contributed by atoms with Crippen molar-refractivity contribution < 1.29 is 5.32 Å². The number of fused-ring (bicyclic) bond motifs is 1. The highest BCUT2D eigenvalue weighted by atomic mass is 15.2. The first-order chi connectivity index (χ1) is 4.47. The lowest BCUT2D eigenvalue weighted by atomic mass is 10.2. The van der Waals surface area contributed by atoms with Crippen molar-refractivity contribution in [3.05, 3.63) is 0 Å². The predicted octanol–water partition coefficient (Wildman–Crippen LogP) is -0.972. The number of piperazine rings is 1. The first-order valence-corrected chi connectivity index (χ1v) is 4.02. The van der Waals surface area contributed by atoms with E-state index >= 15 is 0 Å². The molecule has 2 rings (SSSR count). The zero-order chi connectivity index (χ0) is 6.10. The second kappa shape index (κ2) is 2.27. The van der Waals surface area contributed by atoms with Gasteiger partial charge in [0.2, 0.25) is 0 Å². The van der Waals surface area contributed by atoms with Gasteiger partial charge < -0.3 is 5.32 Å². The summed E-state index contributed by atoms with van der Waals surface area (Å²) < 4.78 is 0. The van der Waals surface area contributed by atoms with Crippen LogP contribution in [0.3, 0.4) is 0 Å². The lowest BCUT2D eigenvalue weighted by molar-refractivity contribution is -0.668. The second-order valence-electron chi connectivity index (χ2n) is 3.15. The van der Waals surface area contributed by atoms with E-state index in [4.69, 9.17) is 0 Å². The Morgan fingerprint density at radius 2 is 2.33 bits per heavy atom. The molecule has 0 saturated carbocycles. The summed E-state index contributed by atoms with van der Waals surface area (Å²) in [5.41, 5.74) is 0. The molecule has 0 aromatic heterocycles.